The fourth-order valence-corrected chi connectivity index (χ4v) is 1.54. The third-order valence-electron chi connectivity index (χ3n) is 2.32. The lowest BCUT2D eigenvalue weighted by Gasteiger charge is -1.97. The third-order valence-corrected chi connectivity index (χ3v) is 2.32. The SMILES string of the molecule is Cc1cccc(/C=C/c2ccnc(N)c2)c1. The van der Waals surface area contributed by atoms with Crippen molar-refractivity contribution in [3.8, 4) is 0 Å². The summed E-state index contributed by atoms with van der Waals surface area (Å²) in [4.78, 5) is 3.95. The number of nitrogen functional groups attached to an aromatic ring is 1. The molecule has 0 aliphatic carbocycles. The lowest BCUT2D eigenvalue weighted by Crippen LogP contribution is -1.88. The standard InChI is InChI=1S/C14H14N2/c1-11-3-2-4-12(9-11)5-6-13-7-8-16-14(15)10-13/h2-10H,1H3,(H2,15,16)/b6-5+. The minimum atomic E-state index is 0.548. The molecule has 0 saturated heterocycles. The first kappa shape index (κ1) is 10.4. The van der Waals surface area contributed by atoms with E-state index in [9.17, 15) is 0 Å². The lowest BCUT2D eigenvalue weighted by molar-refractivity contribution is 1.33. The Morgan fingerprint density at radius 2 is 1.81 bits per heavy atom. The van der Waals surface area contributed by atoms with Gasteiger partial charge in [-0.05, 0) is 30.2 Å². The molecule has 0 bridgehead atoms. The summed E-state index contributed by atoms with van der Waals surface area (Å²) < 4.78 is 0. The van der Waals surface area contributed by atoms with Crippen LogP contribution in [0.25, 0.3) is 12.2 Å². The van der Waals surface area contributed by atoms with E-state index in [0.29, 0.717) is 5.82 Å². The summed E-state index contributed by atoms with van der Waals surface area (Å²) in [6, 6.07) is 12.1. The summed E-state index contributed by atoms with van der Waals surface area (Å²) in [6.07, 6.45) is 5.82. The van der Waals surface area contributed by atoms with Gasteiger partial charge in [-0.25, -0.2) is 4.98 Å². The molecule has 0 radical (unpaired) electrons. The van der Waals surface area contributed by atoms with Crippen LogP contribution < -0.4 is 5.73 Å². The number of pyridine rings is 1. The van der Waals surface area contributed by atoms with Crippen LogP contribution in [0.15, 0.2) is 42.6 Å². The first-order valence-electron chi connectivity index (χ1n) is 5.20. The molecular weight excluding hydrogens is 196 g/mol. The van der Waals surface area contributed by atoms with Crippen LogP contribution in [0.4, 0.5) is 5.82 Å². The zero-order chi connectivity index (χ0) is 11.4. The van der Waals surface area contributed by atoms with Gasteiger partial charge in [0.25, 0.3) is 0 Å². The van der Waals surface area contributed by atoms with Crippen LogP contribution >= 0.6 is 0 Å². The summed E-state index contributed by atoms with van der Waals surface area (Å²) >= 11 is 0. The highest BCUT2D eigenvalue weighted by molar-refractivity contribution is 5.70. The number of hydrogen-bond donors (Lipinski definition) is 1. The highest BCUT2D eigenvalue weighted by atomic mass is 14.8. The van der Waals surface area contributed by atoms with Crippen molar-refractivity contribution in [1.29, 1.82) is 0 Å². The Morgan fingerprint density at radius 1 is 1.06 bits per heavy atom. The van der Waals surface area contributed by atoms with Gasteiger partial charge in [0.1, 0.15) is 5.82 Å². The van der Waals surface area contributed by atoms with E-state index in [2.05, 4.69) is 42.2 Å². The Kier molecular flexibility index (Phi) is 3.01. The van der Waals surface area contributed by atoms with Gasteiger partial charge in [-0.2, -0.15) is 0 Å². The molecule has 0 fully saturated rings. The monoisotopic (exact) mass is 210 g/mol. The largest absolute Gasteiger partial charge is 0.384 e. The van der Waals surface area contributed by atoms with Crippen LogP contribution in [0.5, 0.6) is 0 Å². The van der Waals surface area contributed by atoms with E-state index in [1.807, 2.05) is 18.2 Å². The van der Waals surface area contributed by atoms with Crippen LogP contribution in [0.2, 0.25) is 0 Å². The van der Waals surface area contributed by atoms with Crippen LogP contribution in [0.1, 0.15) is 16.7 Å². The zero-order valence-corrected chi connectivity index (χ0v) is 9.22. The molecule has 2 rings (SSSR count). The second kappa shape index (κ2) is 4.62. The maximum atomic E-state index is 5.61. The predicted octanol–water partition coefficient (Wildman–Crippen LogP) is 3.14. The minimum Gasteiger partial charge on any atom is -0.384 e. The number of benzene rings is 1. The number of anilines is 1. The molecule has 0 unspecified atom stereocenters. The molecule has 2 heteroatoms. The van der Waals surface area contributed by atoms with Gasteiger partial charge in [-0.1, -0.05) is 42.0 Å². The quantitative estimate of drug-likeness (QED) is 0.827. The summed E-state index contributed by atoms with van der Waals surface area (Å²) in [7, 11) is 0. The number of rotatable bonds is 2. The number of nitrogens with two attached hydrogens (primary N) is 1. The van der Waals surface area contributed by atoms with Crippen molar-refractivity contribution < 1.29 is 0 Å². The molecule has 1 aromatic heterocycles. The summed E-state index contributed by atoms with van der Waals surface area (Å²) in [5.41, 5.74) is 9.12. The van der Waals surface area contributed by atoms with E-state index in [1.165, 1.54) is 11.1 Å². The Morgan fingerprint density at radius 3 is 2.50 bits per heavy atom. The van der Waals surface area contributed by atoms with Crippen LogP contribution in [-0.2, 0) is 0 Å². The van der Waals surface area contributed by atoms with Crippen LogP contribution in [0.3, 0.4) is 0 Å². The third kappa shape index (κ3) is 2.70. The molecule has 1 heterocycles. The van der Waals surface area contributed by atoms with Gasteiger partial charge in [0.05, 0.1) is 0 Å². The van der Waals surface area contributed by atoms with E-state index >= 15 is 0 Å². The fourth-order valence-electron chi connectivity index (χ4n) is 1.54. The van der Waals surface area contributed by atoms with Crippen molar-refractivity contribution in [3.63, 3.8) is 0 Å². The van der Waals surface area contributed by atoms with Crippen LogP contribution in [0, 0.1) is 6.92 Å². The number of aromatic nitrogens is 1. The number of hydrogen-bond acceptors (Lipinski definition) is 2. The van der Waals surface area contributed by atoms with E-state index in [4.69, 9.17) is 5.73 Å². The zero-order valence-electron chi connectivity index (χ0n) is 9.22. The first-order chi connectivity index (χ1) is 7.74. The smallest absolute Gasteiger partial charge is 0.123 e. The molecular formula is C14H14N2. The maximum Gasteiger partial charge on any atom is 0.123 e. The Balaban J connectivity index is 2.21. The minimum absolute atomic E-state index is 0.548. The molecule has 2 nitrogen and oxygen atoms in total. The van der Waals surface area contributed by atoms with Gasteiger partial charge in [0, 0.05) is 6.20 Å². The van der Waals surface area contributed by atoms with Gasteiger partial charge in [-0.15, -0.1) is 0 Å². The van der Waals surface area contributed by atoms with Crippen molar-refractivity contribution in [3.05, 3.63) is 59.3 Å². The molecule has 0 atom stereocenters. The van der Waals surface area contributed by atoms with E-state index in [1.54, 1.807) is 6.20 Å². The van der Waals surface area contributed by atoms with Crippen LogP contribution in [-0.4, -0.2) is 4.98 Å². The van der Waals surface area contributed by atoms with Gasteiger partial charge >= 0.3 is 0 Å². The van der Waals surface area contributed by atoms with Gasteiger partial charge in [-0.3, -0.25) is 0 Å². The molecule has 0 saturated carbocycles. The first-order valence-corrected chi connectivity index (χ1v) is 5.20. The van der Waals surface area contributed by atoms with Crippen molar-refractivity contribution in [2.45, 2.75) is 6.92 Å². The number of aryl methyl sites for hydroxylation is 1. The normalized spacial score (nSPS) is 10.8. The molecule has 0 amide bonds. The Labute approximate surface area is 95.5 Å². The molecule has 0 spiro atoms. The van der Waals surface area contributed by atoms with E-state index in [0.717, 1.165) is 5.56 Å². The lowest BCUT2D eigenvalue weighted by atomic mass is 10.1. The second-order valence-corrected chi connectivity index (χ2v) is 3.76. The topological polar surface area (TPSA) is 38.9 Å². The van der Waals surface area contributed by atoms with Crippen molar-refractivity contribution in [1.82, 2.24) is 4.98 Å². The highest BCUT2D eigenvalue weighted by Gasteiger charge is 1.90. The number of nitrogens with zero attached hydrogens (tertiary/aromatic N) is 1. The van der Waals surface area contributed by atoms with Gasteiger partial charge in [0.15, 0.2) is 0 Å². The van der Waals surface area contributed by atoms with E-state index in [-0.39, 0.29) is 0 Å². The van der Waals surface area contributed by atoms with Crippen molar-refractivity contribution >= 4 is 18.0 Å². The molecule has 16 heavy (non-hydrogen) atoms. The Bertz CT molecular complexity index is 468. The summed E-state index contributed by atoms with van der Waals surface area (Å²) in [5.74, 6) is 0.548. The summed E-state index contributed by atoms with van der Waals surface area (Å²) in [5, 5.41) is 0. The average molecular weight is 210 g/mol. The van der Waals surface area contributed by atoms with Gasteiger partial charge in [0.2, 0.25) is 0 Å². The molecule has 2 N–H and O–H groups in total. The molecule has 0 aliphatic heterocycles. The summed E-state index contributed by atoms with van der Waals surface area (Å²) in [6.45, 7) is 2.09. The molecule has 0 aliphatic rings. The van der Waals surface area contributed by atoms with Crippen molar-refractivity contribution in [2.24, 2.45) is 0 Å². The average Bonchev–Trinajstić information content (AvgIpc) is 2.27. The van der Waals surface area contributed by atoms with E-state index < -0.39 is 0 Å². The molecule has 2 aromatic rings. The van der Waals surface area contributed by atoms with Gasteiger partial charge < -0.3 is 5.73 Å². The molecule has 1 aromatic carbocycles. The predicted molar refractivity (Wildman–Crippen MR) is 68.8 cm³/mol. The second-order valence-electron chi connectivity index (χ2n) is 3.76. The van der Waals surface area contributed by atoms with Crippen molar-refractivity contribution in [2.75, 3.05) is 5.73 Å². The molecule has 80 valence electrons. The maximum absolute atomic E-state index is 5.61. The Hall–Kier alpha value is -2.09. The fraction of sp³-hybridized carbons (Fsp3) is 0.0714. The highest BCUT2D eigenvalue weighted by Crippen LogP contribution is 2.10.